The summed E-state index contributed by atoms with van der Waals surface area (Å²) in [4.78, 5) is 7.05. The number of nitrogens with zero attached hydrogens (tertiary/aromatic N) is 3. The van der Waals surface area contributed by atoms with E-state index < -0.39 is 0 Å². The minimum Gasteiger partial charge on any atom is -0.354 e. The van der Waals surface area contributed by atoms with Gasteiger partial charge in [0.25, 0.3) is 0 Å². The molecule has 0 aromatic carbocycles. The van der Waals surface area contributed by atoms with Crippen molar-refractivity contribution in [3.8, 4) is 0 Å². The van der Waals surface area contributed by atoms with Crippen LogP contribution in [0.3, 0.4) is 0 Å². The zero-order valence-electron chi connectivity index (χ0n) is 13.7. The maximum absolute atomic E-state index is 4.65. The summed E-state index contributed by atoms with van der Waals surface area (Å²) in [5, 5.41) is 3.61. The van der Waals surface area contributed by atoms with Crippen molar-refractivity contribution >= 4 is 5.95 Å². The number of aromatic nitrogens is 2. The van der Waals surface area contributed by atoms with Gasteiger partial charge in [-0.2, -0.15) is 0 Å². The number of hydrogen-bond acceptors (Lipinski definition) is 3. The van der Waals surface area contributed by atoms with Crippen molar-refractivity contribution in [1.82, 2.24) is 14.5 Å². The number of aryl methyl sites for hydroxylation is 1. The van der Waals surface area contributed by atoms with Crippen molar-refractivity contribution in [2.45, 2.75) is 58.5 Å². The molecule has 0 aliphatic heterocycles. The summed E-state index contributed by atoms with van der Waals surface area (Å²) in [7, 11) is 4.41. The number of likely N-dealkylation sites (N-methyl/N-ethyl adjacent to an activating group) is 1. The molecule has 0 saturated heterocycles. The lowest BCUT2D eigenvalue weighted by Gasteiger charge is -2.36. The van der Waals surface area contributed by atoms with Gasteiger partial charge in [-0.1, -0.05) is 26.7 Å². The molecule has 114 valence electrons. The van der Waals surface area contributed by atoms with Crippen LogP contribution in [0.15, 0.2) is 6.20 Å². The molecule has 0 spiro atoms. The van der Waals surface area contributed by atoms with Gasteiger partial charge in [-0.3, -0.25) is 0 Å². The fraction of sp³-hybridized carbons (Fsp3) is 0.812. The Morgan fingerprint density at radius 2 is 2.00 bits per heavy atom. The molecule has 4 heteroatoms. The zero-order chi connectivity index (χ0) is 14.8. The second kappa shape index (κ2) is 6.17. The number of rotatable bonds is 6. The third kappa shape index (κ3) is 3.35. The lowest BCUT2D eigenvalue weighted by molar-refractivity contribution is 0.172. The molecule has 1 N–H and O–H groups in total. The number of imidazole rings is 1. The Morgan fingerprint density at radius 1 is 1.35 bits per heavy atom. The van der Waals surface area contributed by atoms with Crippen LogP contribution >= 0.6 is 0 Å². The van der Waals surface area contributed by atoms with Gasteiger partial charge in [0.15, 0.2) is 0 Å². The van der Waals surface area contributed by atoms with Crippen LogP contribution in [0.25, 0.3) is 0 Å². The summed E-state index contributed by atoms with van der Waals surface area (Å²) < 4.78 is 2.26. The number of anilines is 1. The lowest BCUT2D eigenvalue weighted by atomic mass is 9.96. The molecule has 0 unspecified atom stereocenters. The highest BCUT2D eigenvalue weighted by Gasteiger charge is 2.35. The fourth-order valence-corrected chi connectivity index (χ4v) is 3.28. The maximum Gasteiger partial charge on any atom is 0.203 e. The summed E-state index contributed by atoms with van der Waals surface area (Å²) in [6, 6.07) is 0. The molecular formula is C16H30N4. The monoisotopic (exact) mass is 278 g/mol. The van der Waals surface area contributed by atoms with Crippen LogP contribution in [0.5, 0.6) is 0 Å². The average molecular weight is 278 g/mol. The molecule has 1 fully saturated rings. The van der Waals surface area contributed by atoms with Crippen molar-refractivity contribution in [1.29, 1.82) is 0 Å². The molecular weight excluding hydrogens is 248 g/mol. The van der Waals surface area contributed by atoms with Gasteiger partial charge in [-0.15, -0.1) is 0 Å². The van der Waals surface area contributed by atoms with Gasteiger partial charge in [-0.05, 0) is 39.8 Å². The van der Waals surface area contributed by atoms with E-state index in [0.29, 0.717) is 11.5 Å². The van der Waals surface area contributed by atoms with Gasteiger partial charge in [0.2, 0.25) is 5.95 Å². The molecule has 4 nitrogen and oxygen atoms in total. The van der Waals surface area contributed by atoms with Crippen molar-refractivity contribution in [3.63, 3.8) is 0 Å². The van der Waals surface area contributed by atoms with Crippen molar-refractivity contribution in [3.05, 3.63) is 11.9 Å². The lowest BCUT2D eigenvalue weighted by Crippen LogP contribution is -2.47. The molecule has 0 amide bonds. The first-order valence-electron chi connectivity index (χ1n) is 7.88. The largest absolute Gasteiger partial charge is 0.354 e. The van der Waals surface area contributed by atoms with Gasteiger partial charge in [0, 0.05) is 24.8 Å². The molecule has 1 saturated carbocycles. The van der Waals surface area contributed by atoms with E-state index in [1.165, 1.54) is 25.7 Å². The van der Waals surface area contributed by atoms with Crippen LogP contribution in [0, 0.1) is 12.8 Å². The van der Waals surface area contributed by atoms with E-state index in [9.17, 15) is 0 Å². The molecule has 0 atom stereocenters. The van der Waals surface area contributed by atoms with Gasteiger partial charge in [0.05, 0.1) is 5.69 Å². The van der Waals surface area contributed by atoms with Gasteiger partial charge >= 0.3 is 0 Å². The minimum absolute atomic E-state index is 0.308. The van der Waals surface area contributed by atoms with E-state index in [-0.39, 0.29) is 0 Å². The third-order valence-electron chi connectivity index (χ3n) is 4.52. The van der Waals surface area contributed by atoms with E-state index in [0.717, 1.165) is 24.7 Å². The van der Waals surface area contributed by atoms with E-state index in [1.807, 2.05) is 0 Å². The van der Waals surface area contributed by atoms with Crippen LogP contribution < -0.4 is 5.32 Å². The van der Waals surface area contributed by atoms with E-state index in [2.05, 4.69) is 60.8 Å². The van der Waals surface area contributed by atoms with Crippen LogP contribution in [-0.2, 0) is 6.54 Å². The first-order chi connectivity index (χ1) is 9.43. The Balaban J connectivity index is 2.06. The zero-order valence-corrected chi connectivity index (χ0v) is 13.7. The molecule has 1 aliphatic carbocycles. The Kier molecular flexibility index (Phi) is 4.74. The molecule has 1 aromatic heterocycles. The second-order valence-electron chi connectivity index (χ2n) is 6.93. The smallest absolute Gasteiger partial charge is 0.203 e. The highest BCUT2D eigenvalue weighted by molar-refractivity contribution is 5.30. The highest BCUT2D eigenvalue weighted by Crippen LogP contribution is 2.33. The fourth-order valence-electron chi connectivity index (χ4n) is 3.28. The minimum atomic E-state index is 0.308. The predicted molar refractivity (Wildman–Crippen MR) is 85.2 cm³/mol. The topological polar surface area (TPSA) is 33.1 Å². The molecule has 2 rings (SSSR count). The van der Waals surface area contributed by atoms with Crippen LogP contribution in [-0.4, -0.2) is 40.6 Å². The van der Waals surface area contributed by atoms with Crippen molar-refractivity contribution in [2.24, 2.45) is 5.92 Å². The Labute approximate surface area is 123 Å². The Morgan fingerprint density at radius 3 is 2.55 bits per heavy atom. The summed E-state index contributed by atoms with van der Waals surface area (Å²) in [6.45, 7) is 8.58. The standard InChI is InChI=1S/C16H30N4/c1-13(2)10-20-11-14(3)18-15(20)17-12-16(19(4)5)8-6-7-9-16/h11,13H,6-10,12H2,1-5H3,(H,17,18). The van der Waals surface area contributed by atoms with Gasteiger partial charge < -0.3 is 14.8 Å². The van der Waals surface area contributed by atoms with Crippen LogP contribution in [0.4, 0.5) is 5.95 Å². The second-order valence-corrected chi connectivity index (χ2v) is 6.93. The molecule has 20 heavy (non-hydrogen) atoms. The summed E-state index contributed by atoms with van der Waals surface area (Å²) in [5.41, 5.74) is 1.40. The van der Waals surface area contributed by atoms with E-state index in [4.69, 9.17) is 0 Å². The summed E-state index contributed by atoms with van der Waals surface area (Å²) in [6.07, 6.45) is 7.42. The summed E-state index contributed by atoms with van der Waals surface area (Å²) in [5.74, 6) is 1.67. The van der Waals surface area contributed by atoms with Crippen LogP contribution in [0.1, 0.15) is 45.2 Å². The quantitative estimate of drug-likeness (QED) is 0.868. The maximum atomic E-state index is 4.65. The molecule has 1 aliphatic rings. The first kappa shape index (κ1) is 15.4. The molecule has 1 aromatic rings. The molecule has 1 heterocycles. The third-order valence-corrected chi connectivity index (χ3v) is 4.52. The van der Waals surface area contributed by atoms with Gasteiger partial charge in [0.1, 0.15) is 0 Å². The molecule has 0 radical (unpaired) electrons. The average Bonchev–Trinajstić information content (AvgIpc) is 2.94. The van der Waals surface area contributed by atoms with Gasteiger partial charge in [-0.25, -0.2) is 4.98 Å². The number of hydrogen-bond donors (Lipinski definition) is 1. The summed E-state index contributed by atoms with van der Waals surface area (Å²) >= 11 is 0. The van der Waals surface area contributed by atoms with Crippen molar-refractivity contribution in [2.75, 3.05) is 26.0 Å². The van der Waals surface area contributed by atoms with E-state index in [1.54, 1.807) is 0 Å². The SMILES string of the molecule is Cc1cn(CC(C)C)c(NCC2(N(C)C)CCCC2)n1. The van der Waals surface area contributed by atoms with Crippen LogP contribution in [0.2, 0.25) is 0 Å². The normalized spacial score (nSPS) is 18.1. The van der Waals surface area contributed by atoms with Crippen molar-refractivity contribution < 1.29 is 0 Å². The number of nitrogens with one attached hydrogen (secondary N) is 1. The Bertz CT molecular complexity index is 428. The highest BCUT2D eigenvalue weighted by atomic mass is 15.2. The Hall–Kier alpha value is -1.03. The first-order valence-corrected chi connectivity index (χ1v) is 7.88. The van der Waals surface area contributed by atoms with E-state index >= 15 is 0 Å². The predicted octanol–water partition coefficient (Wildman–Crippen LogP) is 3.13. The molecule has 0 bridgehead atoms.